The predicted molar refractivity (Wildman–Crippen MR) is 102 cm³/mol. The molecule has 0 bridgehead atoms. The molecule has 0 aliphatic heterocycles. The Morgan fingerprint density at radius 2 is 1.86 bits per heavy atom. The van der Waals surface area contributed by atoms with E-state index in [2.05, 4.69) is 4.98 Å². The Kier molecular flexibility index (Phi) is 5.63. The highest BCUT2D eigenvalue weighted by Crippen LogP contribution is 2.21. The number of oxazole rings is 1. The lowest BCUT2D eigenvalue weighted by Crippen LogP contribution is -2.26. The largest absolute Gasteiger partial charge is 0.478 e. The number of aromatic carboxylic acids is 1. The standard InChI is InChI=1S/C21H22N2O5/c1-13-4-6-15(7-5-13)18-11-22-19(28-18)8-9-20(24)23(3)12-16-10-17(21(25)26)14(2)27-16/h4-7,10-11H,8-9,12H2,1-3H3,(H,25,26). The van der Waals surface area contributed by atoms with Gasteiger partial charge in [0, 0.05) is 25.5 Å². The second-order valence-electron chi connectivity index (χ2n) is 6.72. The molecule has 7 nitrogen and oxygen atoms in total. The van der Waals surface area contributed by atoms with E-state index >= 15 is 0 Å². The second kappa shape index (κ2) is 8.12. The summed E-state index contributed by atoms with van der Waals surface area (Å²) < 4.78 is 11.2. The number of carboxylic acids is 1. The summed E-state index contributed by atoms with van der Waals surface area (Å²) in [6, 6.07) is 9.39. The van der Waals surface area contributed by atoms with Gasteiger partial charge in [-0.1, -0.05) is 29.8 Å². The van der Waals surface area contributed by atoms with Gasteiger partial charge in [0.1, 0.15) is 17.1 Å². The zero-order valence-corrected chi connectivity index (χ0v) is 16.1. The summed E-state index contributed by atoms with van der Waals surface area (Å²) >= 11 is 0. The Hall–Kier alpha value is -3.35. The van der Waals surface area contributed by atoms with Crippen LogP contribution in [0.25, 0.3) is 11.3 Å². The third-order valence-corrected chi connectivity index (χ3v) is 4.46. The molecule has 3 rings (SSSR count). The molecule has 28 heavy (non-hydrogen) atoms. The van der Waals surface area contributed by atoms with Gasteiger partial charge >= 0.3 is 5.97 Å². The van der Waals surface area contributed by atoms with Gasteiger partial charge in [0.25, 0.3) is 0 Å². The first-order valence-corrected chi connectivity index (χ1v) is 8.92. The van der Waals surface area contributed by atoms with E-state index in [1.807, 2.05) is 31.2 Å². The molecule has 1 aromatic carbocycles. The Labute approximate surface area is 162 Å². The number of aryl methyl sites for hydroxylation is 3. The highest BCUT2D eigenvalue weighted by atomic mass is 16.4. The van der Waals surface area contributed by atoms with Crippen molar-refractivity contribution in [3.8, 4) is 11.3 Å². The molecular weight excluding hydrogens is 360 g/mol. The van der Waals surface area contributed by atoms with Crippen LogP contribution in [0.1, 0.15) is 39.8 Å². The summed E-state index contributed by atoms with van der Waals surface area (Å²) in [5.74, 6) is 0.772. The summed E-state index contributed by atoms with van der Waals surface area (Å²) in [5.41, 5.74) is 2.22. The van der Waals surface area contributed by atoms with E-state index in [4.69, 9.17) is 13.9 Å². The number of nitrogens with zero attached hydrogens (tertiary/aromatic N) is 2. The maximum absolute atomic E-state index is 12.4. The van der Waals surface area contributed by atoms with Gasteiger partial charge in [0.15, 0.2) is 11.7 Å². The lowest BCUT2D eigenvalue weighted by molar-refractivity contribution is -0.130. The van der Waals surface area contributed by atoms with Crippen LogP contribution in [0.2, 0.25) is 0 Å². The summed E-state index contributed by atoms with van der Waals surface area (Å²) in [7, 11) is 1.65. The normalized spacial score (nSPS) is 10.8. The van der Waals surface area contributed by atoms with E-state index in [0.29, 0.717) is 29.6 Å². The van der Waals surface area contributed by atoms with Gasteiger partial charge < -0.3 is 18.8 Å². The third kappa shape index (κ3) is 4.49. The van der Waals surface area contributed by atoms with Gasteiger partial charge in [0.05, 0.1) is 12.7 Å². The number of aromatic nitrogens is 1. The van der Waals surface area contributed by atoms with Crippen LogP contribution in [0.3, 0.4) is 0 Å². The first-order valence-electron chi connectivity index (χ1n) is 8.92. The summed E-state index contributed by atoms with van der Waals surface area (Å²) in [4.78, 5) is 29.2. The zero-order chi connectivity index (χ0) is 20.3. The average Bonchev–Trinajstić information content (AvgIpc) is 3.27. The van der Waals surface area contributed by atoms with Crippen LogP contribution in [-0.4, -0.2) is 33.9 Å². The van der Waals surface area contributed by atoms with Crippen LogP contribution in [0.5, 0.6) is 0 Å². The van der Waals surface area contributed by atoms with Crippen LogP contribution in [-0.2, 0) is 17.8 Å². The van der Waals surface area contributed by atoms with Crippen molar-refractivity contribution in [2.75, 3.05) is 7.05 Å². The van der Waals surface area contributed by atoms with Crippen molar-refractivity contribution in [1.29, 1.82) is 0 Å². The minimum atomic E-state index is -1.05. The summed E-state index contributed by atoms with van der Waals surface area (Å²) in [6.45, 7) is 3.81. The number of carbonyl (C=O) groups excluding carboxylic acids is 1. The Bertz CT molecular complexity index is 985. The smallest absolute Gasteiger partial charge is 0.339 e. The first-order chi connectivity index (χ1) is 13.3. The zero-order valence-electron chi connectivity index (χ0n) is 16.1. The van der Waals surface area contributed by atoms with Crippen LogP contribution < -0.4 is 0 Å². The number of amides is 1. The van der Waals surface area contributed by atoms with Gasteiger partial charge in [-0.2, -0.15) is 0 Å². The van der Waals surface area contributed by atoms with E-state index in [1.54, 1.807) is 20.2 Å². The van der Waals surface area contributed by atoms with Crippen molar-refractivity contribution in [2.45, 2.75) is 33.2 Å². The highest BCUT2D eigenvalue weighted by molar-refractivity contribution is 5.88. The maximum atomic E-state index is 12.4. The highest BCUT2D eigenvalue weighted by Gasteiger charge is 2.17. The van der Waals surface area contributed by atoms with E-state index in [-0.39, 0.29) is 24.4 Å². The molecule has 0 spiro atoms. The maximum Gasteiger partial charge on any atom is 0.339 e. The van der Waals surface area contributed by atoms with Crippen molar-refractivity contribution >= 4 is 11.9 Å². The van der Waals surface area contributed by atoms with Gasteiger partial charge in [-0.3, -0.25) is 4.79 Å². The molecule has 1 N–H and O–H groups in total. The molecule has 0 aliphatic rings. The number of hydrogen-bond acceptors (Lipinski definition) is 5. The van der Waals surface area contributed by atoms with Crippen molar-refractivity contribution in [2.24, 2.45) is 0 Å². The van der Waals surface area contributed by atoms with Crippen molar-refractivity contribution < 1.29 is 23.5 Å². The number of carbonyl (C=O) groups is 2. The monoisotopic (exact) mass is 382 g/mol. The molecule has 3 aromatic rings. The minimum Gasteiger partial charge on any atom is -0.478 e. The van der Waals surface area contributed by atoms with Gasteiger partial charge in [-0.15, -0.1) is 0 Å². The lowest BCUT2D eigenvalue weighted by atomic mass is 10.1. The molecule has 146 valence electrons. The molecule has 0 atom stereocenters. The number of rotatable bonds is 7. The lowest BCUT2D eigenvalue weighted by Gasteiger charge is -2.15. The molecule has 0 radical (unpaired) electrons. The molecular formula is C21H22N2O5. The quantitative estimate of drug-likeness (QED) is 0.667. The molecule has 7 heteroatoms. The number of carboxylic acid groups (broad SMARTS) is 1. The topological polar surface area (TPSA) is 96.8 Å². The van der Waals surface area contributed by atoms with Crippen LogP contribution in [0.4, 0.5) is 0 Å². The van der Waals surface area contributed by atoms with Crippen molar-refractivity contribution in [1.82, 2.24) is 9.88 Å². The number of benzene rings is 1. The fourth-order valence-electron chi connectivity index (χ4n) is 2.84. The third-order valence-electron chi connectivity index (χ3n) is 4.46. The SMILES string of the molecule is Cc1ccc(-c2cnc(CCC(=O)N(C)Cc3cc(C(=O)O)c(C)o3)o2)cc1. The van der Waals surface area contributed by atoms with Crippen LogP contribution in [0, 0.1) is 13.8 Å². The number of hydrogen-bond donors (Lipinski definition) is 1. The predicted octanol–water partition coefficient (Wildman–Crippen LogP) is 3.84. The molecule has 2 heterocycles. The molecule has 2 aromatic heterocycles. The van der Waals surface area contributed by atoms with E-state index in [9.17, 15) is 9.59 Å². The summed E-state index contributed by atoms with van der Waals surface area (Å²) in [5, 5.41) is 9.07. The van der Waals surface area contributed by atoms with E-state index in [0.717, 1.165) is 5.56 Å². The number of furan rings is 1. The molecule has 1 amide bonds. The van der Waals surface area contributed by atoms with Gasteiger partial charge in [-0.25, -0.2) is 9.78 Å². The minimum absolute atomic E-state index is 0.110. The fourth-order valence-corrected chi connectivity index (χ4v) is 2.84. The summed E-state index contributed by atoms with van der Waals surface area (Å²) in [6.07, 6.45) is 2.27. The van der Waals surface area contributed by atoms with Crippen LogP contribution in [0.15, 0.2) is 45.4 Å². The van der Waals surface area contributed by atoms with Crippen molar-refractivity contribution in [3.63, 3.8) is 0 Å². The Balaban J connectivity index is 1.56. The first kappa shape index (κ1) is 19.4. The molecule has 0 unspecified atom stereocenters. The van der Waals surface area contributed by atoms with Crippen LogP contribution >= 0.6 is 0 Å². The Morgan fingerprint density at radius 1 is 1.14 bits per heavy atom. The molecule has 0 fully saturated rings. The molecule has 0 saturated carbocycles. The fraction of sp³-hybridized carbons (Fsp3) is 0.286. The van der Waals surface area contributed by atoms with E-state index < -0.39 is 5.97 Å². The van der Waals surface area contributed by atoms with E-state index in [1.165, 1.54) is 16.5 Å². The molecule has 0 aliphatic carbocycles. The average molecular weight is 382 g/mol. The Morgan fingerprint density at radius 3 is 2.50 bits per heavy atom. The van der Waals surface area contributed by atoms with Gasteiger partial charge in [-0.05, 0) is 19.9 Å². The molecule has 0 saturated heterocycles. The van der Waals surface area contributed by atoms with Gasteiger partial charge in [0.2, 0.25) is 5.91 Å². The second-order valence-corrected chi connectivity index (χ2v) is 6.72. The van der Waals surface area contributed by atoms with Crippen molar-refractivity contribution in [3.05, 3.63) is 65.1 Å².